The molecule has 0 aromatic heterocycles. The third-order valence-corrected chi connectivity index (χ3v) is 7.92. The van der Waals surface area contributed by atoms with Gasteiger partial charge in [-0.15, -0.1) is 0 Å². The van der Waals surface area contributed by atoms with Crippen LogP contribution in [0.5, 0.6) is 0 Å². The van der Waals surface area contributed by atoms with Crippen molar-refractivity contribution in [1.82, 2.24) is 10.2 Å². The summed E-state index contributed by atoms with van der Waals surface area (Å²) in [5.41, 5.74) is 1.64. The molecule has 3 amide bonds. The largest absolute Gasteiger partial charge is 0.356 e. The van der Waals surface area contributed by atoms with E-state index in [4.69, 9.17) is 0 Å². The van der Waals surface area contributed by atoms with E-state index in [1.807, 2.05) is 45.0 Å². The fraction of sp³-hybridized carbons (Fsp3) is 0.600. The summed E-state index contributed by atoms with van der Waals surface area (Å²) in [7, 11) is -3.31. The first-order chi connectivity index (χ1) is 13.2. The van der Waals surface area contributed by atoms with Gasteiger partial charge in [0.25, 0.3) is 0 Å². The topological polar surface area (TPSA) is 95.6 Å². The van der Waals surface area contributed by atoms with Crippen LogP contribution in [-0.2, 0) is 14.6 Å². The van der Waals surface area contributed by atoms with Gasteiger partial charge in [-0.25, -0.2) is 13.2 Å². The lowest BCUT2D eigenvalue weighted by Crippen LogP contribution is -2.47. The summed E-state index contributed by atoms with van der Waals surface area (Å²) in [6, 6.07) is 7.13. The average molecular weight is 408 g/mol. The number of nitrogens with one attached hydrogen (secondary N) is 2. The first-order valence-electron chi connectivity index (χ1n) is 9.80. The van der Waals surface area contributed by atoms with Crippen LogP contribution in [0.25, 0.3) is 0 Å². The van der Waals surface area contributed by atoms with Gasteiger partial charge in [-0.2, -0.15) is 0 Å². The lowest BCUT2D eigenvalue weighted by molar-refractivity contribution is -0.126. The number of carbonyl (C=O) groups is 2. The average Bonchev–Trinajstić information content (AvgIpc) is 3.08. The predicted octanol–water partition coefficient (Wildman–Crippen LogP) is 2.03. The number of carbonyl (C=O) groups excluding carboxylic acids is 2. The summed E-state index contributed by atoms with van der Waals surface area (Å²) in [6.07, 6.45) is 0.320. The highest BCUT2D eigenvalue weighted by Gasteiger charge is 2.51. The van der Waals surface area contributed by atoms with E-state index in [1.165, 1.54) is 4.90 Å². The summed E-state index contributed by atoms with van der Waals surface area (Å²) in [5.74, 6) is -0.495. The Bertz CT molecular complexity index is 853. The number of anilines is 1. The molecule has 0 unspecified atom stereocenters. The van der Waals surface area contributed by atoms with Gasteiger partial charge in [-0.1, -0.05) is 32.0 Å². The smallest absolute Gasteiger partial charge is 0.321 e. The monoisotopic (exact) mass is 407 g/mol. The molecule has 2 N–H and O–H groups in total. The zero-order chi connectivity index (χ0) is 20.5. The molecule has 154 valence electrons. The maximum atomic E-state index is 12.7. The van der Waals surface area contributed by atoms with Crippen molar-refractivity contribution in [2.24, 2.45) is 17.8 Å². The third kappa shape index (κ3) is 4.32. The Morgan fingerprint density at radius 3 is 2.61 bits per heavy atom. The van der Waals surface area contributed by atoms with Crippen molar-refractivity contribution < 1.29 is 18.0 Å². The number of amides is 3. The predicted molar refractivity (Wildman–Crippen MR) is 109 cm³/mol. The van der Waals surface area contributed by atoms with Gasteiger partial charge in [0, 0.05) is 37.2 Å². The summed E-state index contributed by atoms with van der Waals surface area (Å²) in [5, 5.41) is 5.13. The molecule has 0 aliphatic carbocycles. The maximum absolute atomic E-state index is 12.7. The first kappa shape index (κ1) is 20.6. The van der Waals surface area contributed by atoms with Crippen LogP contribution in [0.15, 0.2) is 24.3 Å². The molecule has 1 aromatic carbocycles. The molecule has 28 heavy (non-hydrogen) atoms. The van der Waals surface area contributed by atoms with Gasteiger partial charge in [0.05, 0.1) is 11.0 Å². The molecule has 0 spiro atoms. The second kappa shape index (κ2) is 8.11. The number of hydrogen-bond acceptors (Lipinski definition) is 4. The quantitative estimate of drug-likeness (QED) is 0.798. The van der Waals surface area contributed by atoms with Crippen LogP contribution in [0.1, 0.15) is 25.8 Å². The Morgan fingerprint density at radius 1 is 1.21 bits per heavy atom. The molecule has 0 radical (unpaired) electrons. The molecule has 7 nitrogen and oxygen atoms in total. The highest BCUT2D eigenvalue weighted by atomic mass is 32.2. The van der Waals surface area contributed by atoms with Crippen molar-refractivity contribution >= 4 is 27.5 Å². The Kier molecular flexibility index (Phi) is 5.98. The highest BCUT2D eigenvalue weighted by molar-refractivity contribution is 7.92. The lowest BCUT2D eigenvalue weighted by Gasteiger charge is -2.31. The second-order valence-electron chi connectivity index (χ2n) is 8.25. The van der Waals surface area contributed by atoms with Crippen LogP contribution < -0.4 is 10.6 Å². The van der Waals surface area contributed by atoms with E-state index < -0.39 is 15.1 Å². The minimum Gasteiger partial charge on any atom is -0.356 e. The molecular formula is C20H29N3O4S. The molecular weight excluding hydrogens is 378 g/mol. The first-order valence-corrected chi connectivity index (χ1v) is 11.5. The number of urea groups is 1. The van der Waals surface area contributed by atoms with Gasteiger partial charge < -0.3 is 15.5 Å². The van der Waals surface area contributed by atoms with Crippen LogP contribution in [0, 0.1) is 24.7 Å². The van der Waals surface area contributed by atoms with Crippen molar-refractivity contribution in [3.8, 4) is 0 Å². The van der Waals surface area contributed by atoms with Crippen LogP contribution in [0.2, 0.25) is 0 Å². The minimum atomic E-state index is -3.31. The van der Waals surface area contributed by atoms with Crippen molar-refractivity contribution in [2.75, 3.05) is 30.7 Å². The fourth-order valence-electron chi connectivity index (χ4n) is 4.06. The summed E-state index contributed by atoms with van der Waals surface area (Å²) in [6.45, 7) is 6.92. The summed E-state index contributed by atoms with van der Waals surface area (Å²) < 4.78 is 25.2. The van der Waals surface area contributed by atoms with E-state index >= 15 is 0 Å². The SMILES string of the molecule is Cc1ccccc1NC(=O)N1C[C@@H]2[C@@H](C(=O)NCC(C)C)CCS(=O)(=O)[C@@H]2C1. The number of likely N-dealkylation sites (tertiary alicyclic amines) is 1. The van der Waals surface area contributed by atoms with Crippen LogP contribution in [0.3, 0.4) is 0 Å². The number of rotatable bonds is 4. The Labute approximate surface area is 166 Å². The number of sulfone groups is 1. The van der Waals surface area contributed by atoms with Crippen molar-refractivity contribution in [2.45, 2.75) is 32.4 Å². The van der Waals surface area contributed by atoms with Gasteiger partial charge in [-0.3, -0.25) is 4.79 Å². The van der Waals surface area contributed by atoms with Crippen LogP contribution in [-0.4, -0.2) is 55.9 Å². The number of nitrogens with zero attached hydrogens (tertiary/aromatic N) is 1. The number of benzene rings is 1. The number of fused-ring (bicyclic) bond motifs is 1. The van der Waals surface area contributed by atoms with E-state index in [-0.39, 0.29) is 42.6 Å². The Balaban J connectivity index is 1.73. The van der Waals surface area contributed by atoms with Crippen molar-refractivity contribution in [3.05, 3.63) is 29.8 Å². The zero-order valence-corrected chi connectivity index (χ0v) is 17.5. The fourth-order valence-corrected chi connectivity index (χ4v) is 6.16. The lowest BCUT2D eigenvalue weighted by atomic mass is 9.87. The molecule has 2 saturated heterocycles. The molecule has 1 aromatic rings. The Hall–Kier alpha value is -2.09. The van der Waals surface area contributed by atoms with E-state index in [1.54, 1.807) is 0 Å². The minimum absolute atomic E-state index is 0.00117. The maximum Gasteiger partial charge on any atom is 0.321 e. The molecule has 2 fully saturated rings. The zero-order valence-electron chi connectivity index (χ0n) is 16.6. The van der Waals surface area contributed by atoms with Crippen molar-refractivity contribution in [3.63, 3.8) is 0 Å². The normalized spacial score (nSPS) is 26.0. The number of para-hydroxylation sites is 1. The number of aryl methyl sites for hydroxylation is 1. The van der Waals surface area contributed by atoms with E-state index in [2.05, 4.69) is 10.6 Å². The standard InChI is InChI=1S/C20H29N3O4S/c1-13(2)10-21-19(24)15-8-9-28(26,27)18-12-23(11-16(15)18)20(25)22-17-7-5-4-6-14(17)3/h4-7,13,15-16,18H,8-12H2,1-3H3,(H,21,24)(H,22,25)/t15-,16+,18+/m0/s1. The molecule has 2 aliphatic heterocycles. The highest BCUT2D eigenvalue weighted by Crippen LogP contribution is 2.37. The molecule has 0 bridgehead atoms. The van der Waals surface area contributed by atoms with Crippen LogP contribution in [0.4, 0.5) is 10.5 Å². The van der Waals surface area contributed by atoms with E-state index in [9.17, 15) is 18.0 Å². The molecule has 2 aliphatic rings. The van der Waals surface area contributed by atoms with Gasteiger partial charge >= 0.3 is 6.03 Å². The van der Waals surface area contributed by atoms with E-state index in [0.717, 1.165) is 5.56 Å². The molecule has 3 atom stereocenters. The molecule has 2 heterocycles. The van der Waals surface area contributed by atoms with Crippen LogP contribution >= 0.6 is 0 Å². The van der Waals surface area contributed by atoms with Crippen molar-refractivity contribution in [1.29, 1.82) is 0 Å². The van der Waals surface area contributed by atoms with Gasteiger partial charge in [0.15, 0.2) is 9.84 Å². The number of hydrogen-bond donors (Lipinski definition) is 2. The molecule has 8 heteroatoms. The van der Waals surface area contributed by atoms with Gasteiger partial charge in [0.2, 0.25) is 5.91 Å². The third-order valence-electron chi connectivity index (χ3n) is 5.70. The summed E-state index contributed by atoms with van der Waals surface area (Å²) in [4.78, 5) is 26.9. The Morgan fingerprint density at radius 2 is 1.93 bits per heavy atom. The molecule has 3 rings (SSSR count). The van der Waals surface area contributed by atoms with Gasteiger partial charge in [0.1, 0.15) is 0 Å². The second-order valence-corrected chi connectivity index (χ2v) is 10.6. The van der Waals surface area contributed by atoms with E-state index in [0.29, 0.717) is 24.6 Å². The van der Waals surface area contributed by atoms with Gasteiger partial charge in [-0.05, 0) is 30.9 Å². The summed E-state index contributed by atoms with van der Waals surface area (Å²) >= 11 is 0. The molecule has 0 saturated carbocycles.